The number of fused-ring (bicyclic) bond motifs is 1. The van der Waals surface area contributed by atoms with Crippen LogP contribution < -0.4 is 0 Å². The summed E-state index contributed by atoms with van der Waals surface area (Å²) in [4.78, 5) is 3.95. The Hall–Kier alpha value is -1.09. The highest BCUT2D eigenvalue weighted by atomic mass is 32.2. The van der Waals surface area contributed by atoms with Crippen LogP contribution in [0.5, 0.6) is 0 Å². The van der Waals surface area contributed by atoms with E-state index in [1.807, 2.05) is 30.5 Å². The van der Waals surface area contributed by atoms with Crippen LogP contribution in [0.3, 0.4) is 0 Å². The number of nitrogens with one attached hydrogen (secondary N) is 1. The Labute approximate surface area is 73.1 Å². The Morgan fingerprint density at radius 2 is 2.17 bits per heavy atom. The summed E-state index contributed by atoms with van der Waals surface area (Å²) in [6.07, 6.45) is 3.57. The molecule has 1 aromatic carbocycles. The van der Waals surface area contributed by atoms with Crippen LogP contribution in [0.15, 0.2) is 35.4 Å². The fraction of sp³-hybridized carbons (Fsp3) is 0.111. The molecule has 0 radical (unpaired) electrons. The highest BCUT2D eigenvalue weighted by Gasteiger charge is 1.98. The molecule has 0 fully saturated rings. The van der Waals surface area contributed by atoms with Crippen molar-refractivity contribution >= 4 is 21.7 Å². The Morgan fingerprint density at radius 1 is 1.33 bits per heavy atom. The molecule has 1 N–H and O–H groups in total. The predicted molar refractivity (Wildman–Crippen MR) is 50.6 cm³/mol. The number of hydrogen-bond acceptors (Lipinski definition) is 1. The number of aromatic amines is 1. The van der Waals surface area contributed by atoms with Gasteiger partial charge in [0, 0.05) is 33.7 Å². The lowest BCUT2D eigenvalue weighted by atomic mass is 10.2. The van der Waals surface area contributed by atoms with E-state index in [1.54, 1.807) is 6.26 Å². The summed E-state index contributed by atoms with van der Waals surface area (Å²) >= 11 is 0. The van der Waals surface area contributed by atoms with Crippen molar-refractivity contribution in [2.75, 3.05) is 6.26 Å². The van der Waals surface area contributed by atoms with Crippen molar-refractivity contribution in [2.24, 2.45) is 0 Å². The molecule has 1 unspecified atom stereocenters. The van der Waals surface area contributed by atoms with Crippen molar-refractivity contribution in [3.63, 3.8) is 0 Å². The number of rotatable bonds is 1. The van der Waals surface area contributed by atoms with Gasteiger partial charge in [0.25, 0.3) is 0 Å². The molecule has 0 aliphatic rings. The molecular weight excluding hydrogens is 170 g/mol. The van der Waals surface area contributed by atoms with Crippen LogP contribution in [0, 0.1) is 0 Å². The molecule has 1 aromatic heterocycles. The van der Waals surface area contributed by atoms with Crippen molar-refractivity contribution in [1.82, 2.24) is 4.98 Å². The highest BCUT2D eigenvalue weighted by molar-refractivity contribution is 7.84. The number of benzene rings is 1. The lowest BCUT2D eigenvalue weighted by molar-refractivity contribution is 0.687. The number of aromatic nitrogens is 1. The molecule has 0 bridgehead atoms. The molecule has 0 aliphatic heterocycles. The smallest absolute Gasteiger partial charge is 0.0498 e. The first-order valence-corrected chi connectivity index (χ1v) is 5.24. The van der Waals surface area contributed by atoms with Gasteiger partial charge in [0.2, 0.25) is 0 Å². The first-order chi connectivity index (χ1) is 5.77. The van der Waals surface area contributed by atoms with E-state index in [2.05, 4.69) is 4.98 Å². The van der Waals surface area contributed by atoms with Crippen LogP contribution in [0.4, 0.5) is 0 Å². The second kappa shape index (κ2) is 2.75. The lowest BCUT2D eigenvalue weighted by Gasteiger charge is -1.95. The third-order valence-electron chi connectivity index (χ3n) is 1.86. The summed E-state index contributed by atoms with van der Waals surface area (Å²) in [5, 5.41) is 1.16. The highest BCUT2D eigenvalue weighted by Crippen LogP contribution is 2.15. The molecule has 0 saturated carbocycles. The molecule has 1 atom stereocenters. The van der Waals surface area contributed by atoms with Gasteiger partial charge < -0.3 is 4.98 Å². The fourth-order valence-electron chi connectivity index (χ4n) is 1.21. The average molecular weight is 179 g/mol. The van der Waals surface area contributed by atoms with Gasteiger partial charge in [0.1, 0.15) is 0 Å². The van der Waals surface area contributed by atoms with Crippen LogP contribution in [-0.2, 0) is 10.8 Å². The fourth-order valence-corrected chi connectivity index (χ4v) is 1.75. The minimum atomic E-state index is -0.889. The Balaban J connectivity index is 2.68. The van der Waals surface area contributed by atoms with E-state index >= 15 is 0 Å². The zero-order valence-corrected chi connectivity index (χ0v) is 7.52. The van der Waals surface area contributed by atoms with Gasteiger partial charge in [0.05, 0.1) is 0 Å². The summed E-state index contributed by atoms with van der Waals surface area (Å²) in [5.41, 5.74) is 1.04. The third kappa shape index (κ3) is 1.16. The molecule has 12 heavy (non-hydrogen) atoms. The zero-order chi connectivity index (χ0) is 8.55. The van der Waals surface area contributed by atoms with E-state index in [0.717, 1.165) is 15.8 Å². The summed E-state index contributed by atoms with van der Waals surface area (Å²) in [6.45, 7) is 0. The Morgan fingerprint density at radius 3 is 2.92 bits per heavy atom. The van der Waals surface area contributed by atoms with Gasteiger partial charge in [-0.15, -0.1) is 0 Å². The normalized spacial score (nSPS) is 13.4. The van der Waals surface area contributed by atoms with E-state index in [0.29, 0.717) is 0 Å². The molecule has 1 heterocycles. The molecule has 3 heteroatoms. The van der Waals surface area contributed by atoms with Gasteiger partial charge in [-0.1, -0.05) is 6.07 Å². The first-order valence-electron chi connectivity index (χ1n) is 3.68. The van der Waals surface area contributed by atoms with E-state index in [9.17, 15) is 4.21 Å². The maximum Gasteiger partial charge on any atom is 0.0498 e. The van der Waals surface area contributed by atoms with Crippen molar-refractivity contribution in [1.29, 1.82) is 0 Å². The van der Waals surface area contributed by atoms with Gasteiger partial charge in [0.15, 0.2) is 0 Å². The maximum absolute atomic E-state index is 11.1. The summed E-state index contributed by atoms with van der Waals surface area (Å²) in [7, 11) is -0.889. The van der Waals surface area contributed by atoms with E-state index in [1.165, 1.54) is 0 Å². The summed E-state index contributed by atoms with van der Waals surface area (Å²) < 4.78 is 11.1. The van der Waals surface area contributed by atoms with Crippen LogP contribution in [0.25, 0.3) is 10.9 Å². The Bertz CT molecular complexity index is 433. The van der Waals surface area contributed by atoms with Gasteiger partial charge >= 0.3 is 0 Å². The van der Waals surface area contributed by atoms with E-state index in [-0.39, 0.29) is 0 Å². The van der Waals surface area contributed by atoms with E-state index < -0.39 is 10.8 Å². The second-order valence-corrected chi connectivity index (χ2v) is 4.06. The minimum Gasteiger partial charge on any atom is -0.361 e. The SMILES string of the molecule is CS(=O)c1ccc2cc[nH]c2c1. The van der Waals surface area contributed by atoms with Crippen molar-refractivity contribution < 1.29 is 4.21 Å². The topological polar surface area (TPSA) is 32.9 Å². The van der Waals surface area contributed by atoms with Crippen molar-refractivity contribution in [2.45, 2.75) is 4.90 Å². The van der Waals surface area contributed by atoms with E-state index in [4.69, 9.17) is 0 Å². The molecule has 0 amide bonds. The second-order valence-electron chi connectivity index (χ2n) is 2.68. The molecular formula is C9H9NOS. The molecule has 0 saturated heterocycles. The monoisotopic (exact) mass is 179 g/mol. The number of hydrogen-bond donors (Lipinski definition) is 1. The molecule has 2 nitrogen and oxygen atoms in total. The van der Waals surface area contributed by atoms with Crippen molar-refractivity contribution in [3.8, 4) is 0 Å². The quantitative estimate of drug-likeness (QED) is 0.712. The number of H-pyrrole nitrogens is 1. The zero-order valence-electron chi connectivity index (χ0n) is 6.70. The van der Waals surface area contributed by atoms with Crippen LogP contribution in [0.2, 0.25) is 0 Å². The Kier molecular flexibility index (Phi) is 1.73. The standard InChI is InChI=1S/C9H9NOS/c1-12(11)8-3-2-7-4-5-10-9(7)6-8/h2-6,10H,1H3. The first kappa shape index (κ1) is 7.55. The van der Waals surface area contributed by atoms with Crippen LogP contribution in [-0.4, -0.2) is 15.4 Å². The minimum absolute atomic E-state index is 0.866. The van der Waals surface area contributed by atoms with Gasteiger partial charge in [-0.3, -0.25) is 4.21 Å². The molecule has 2 rings (SSSR count). The van der Waals surface area contributed by atoms with Gasteiger partial charge in [-0.25, -0.2) is 0 Å². The van der Waals surface area contributed by atoms with Crippen LogP contribution in [0.1, 0.15) is 0 Å². The van der Waals surface area contributed by atoms with Gasteiger partial charge in [-0.05, 0) is 23.6 Å². The molecule has 0 aliphatic carbocycles. The van der Waals surface area contributed by atoms with Crippen molar-refractivity contribution in [3.05, 3.63) is 30.5 Å². The molecule has 62 valence electrons. The summed E-state index contributed by atoms with van der Waals surface area (Å²) in [6, 6.07) is 7.79. The lowest BCUT2D eigenvalue weighted by Crippen LogP contribution is -1.85. The summed E-state index contributed by atoms with van der Waals surface area (Å²) in [5.74, 6) is 0. The average Bonchev–Trinajstić information content (AvgIpc) is 2.49. The van der Waals surface area contributed by atoms with Crippen LogP contribution >= 0.6 is 0 Å². The van der Waals surface area contributed by atoms with Gasteiger partial charge in [-0.2, -0.15) is 0 Å². The third-order valence-corrected chi connectivity index (χ3v) is 2.78. The largest absolute Gasteiger partial charge is 0.361 e. The predicted octanol–water partition coefficient (Wildman–Crippen LogP) is 1.91. The maximum atomic E-state index is 11.1. The molecule has 2 aromatic rings. The molecule has 0 spiro atoms.